The molecule has 248 valence electrons. The van der Waals surface area contributed by atoms with Gasteiger partial charge >= 0.3 is 0 Å². The molecule has 0 spiro atoms. The van der Waals surface area contributed by atoms with Crippen molar-refractivity contribution in [1.29, 1.82) is 0 Å². The van der Waals surface area contributed by atoms with Crippen molar-refractivity contribution in [2.45, 2.75) is 43.7 Å². The molecular weight excluding hydrogens is 621 g/mol. The molecule has 0 aliphatic carbocycles. The minimum Gasteiger partial charge on any atom is -0.497 e. The summed E-state index contributed by atoms with van der Waals surface area (Å²) in [5, 5.41) is 2.92. The number of benzene rings is 4. The van der Waals surface area contributed by atoms with Crippen LogP contribution >= 0.6 is 0 Å². The second-order valence-electron chi connectivity index (χ2n) is 10.8. The van der Waals surface area contributed by atoms with Crippen LogP contribution in [0.15, 0.2) is 108 Å². The predicted molar refractivity (Wildman–Crippen MR) is 179 cm³/mol. The molecule has 9 nitrogen and oxygen atoms in total. The van der Waals surface area contributed by atoms with Gasteiger partial charge in [0.05, 0.1) is 24.8 Å². The van der Waals surface area contributed by atoms with E-state index in [-0.39, 0.29) is 34.9 Å². The molecule has 0 fully saturated rings. The fourth-order valence-electron chi connectivity index (χ4n) is 5.09. The van der Waals surface area contributed by atoms with Crippen molar-refractivity contribution in [2.75, 3.05) is 31.6 Å². The first-order chi connectivity index (χ1) is 22.7. The zero-order chi connectivity index (χ0) is 33.8. The first kappa shape index (κ1) is 35.0. The monoisotopic (exact) mass is 661 g/mol. The Morgan fingerprint density at radius 3 is 2.17 bits per heavy atom. The zero-order valence-corrected chi connectivity index (χ0v) is 27.6. The second kappa shape index (κ2) is 16.6. The van der Waals surface area contributed by atoms with Gasteiger partial charge in [-0.1, -0.05) is 74.0 Å². The summed E-state index contributed by atoms with van der Waals surface area (Å²) in [5.74, 6) is -1.01. The highest BCUT2D eigenvalue weighted by atomic mass is 32.2. The maximum Gasteiger partial charge on any atom is 0.264 e. The number of methoxy groups -OCH3 is 2. The Kier molecular flexibility index (Phi) is 12.3. The first-order valence-corrected chi connectivity index (χ1v) is 16.8. The van der Waals surface area contributed by atoms with Gasteiger partial charge in [-0.2, -0.15) is 0 Å². The number of nitrogens with one attached hydrogen (secondary N) is 1. The number of unbranched alkanes of at least 4 members (excludes halogenated alkanes) is 1. The molecule has 1 unspecified atom stereocenters. The van der Waals surface area contributed by atoms with Crippen LogP contribution in [0.3, 0.4) is 0 Å². The highest BCUT2D eigenvalue weighted by Gasteiger charge is 2.35. The summed E-state index contributed by atoms with van der Waals surface area (Å²) in [6.07, 6.45) is 1.70. The van der Waals surface area contributed by atoms with Crippen LogP contribution in [-0.2, 0) is 32.6 Å². The Morgan fingerprint density at radius 2 is 1.51 bits per heavy atom. The van der Waals surface area contributed by atoms with Crippen LogP contribution in [0, 0.1) is 5.82 Å². The highest BCUT2D eigenvalue weighted by Crippen LogP contribution is 2.33. The van der Waals surface area contributed by atoms with Crippen LogP contribution in [0.25, 0.3) is 0 Å². The largest absolute Gasteiger partial charge is 0.497 e. The summed E-state index contributed by atoms with van der Waals surface area (Å²) < 4.78 is 55.3. The molecule has 2 amide bonds. The van der Waals surface area contributed by atoms with E-state index in [1.54, 1.807) is 24.3 Å². The first-order valence-electron chi connectivity index (χ1n) is 15.3. The standard InChI is InChI=1S/C36H40FN3O6S/c1-4-5-23-38-36(42)33(24-27-13-7-6-8-14-27)39(25-28-15-9-10-16-31(28)37)35(41)26-40(32-17-11-12-18-34(32)46-3)47(43,44)30-21-19-29(45-2)20-22-30/h6-22,33H,4-5,23-26H2,1-3H3,(H,38,42). The molecule has 0 radical (unpaired) electrons. The number of carbonyl (C=O) groups excluding carboxylic acids is 2. The molecule has 1 atom stereocenters. The molecule has 11 heteroatoms. The van der Waals surface area contributed by atoms with Gasteiger partial charge in [0.2, 0.25) is 11.8 Å². The van der Waals surface area contributed by atoms with Gasteiger partial charge in [-0.05, 0) is 54.4 Å². The summed E-state index contributed by atoms with van der Waals surface area (Å²) in [6, 6.07) is 26.3. The number of amides is 2. The summed E-state index contributed by atoms with van der Waals surface area (Å²) >= 11 is 0. The number of ether oxygens (including phenoxy) is 2. The van der Waals surface area contributed by atoms with Crippen molar-refractivity contribution in [2.24, 2.45) is 0 Å². The molecule has 0 saturated heterocycles. The maximum absolute atomic E-state index is 15.1. The highest BCUT2D eigenvalue weighted by molar-refractivity contribution is 7.92. The summed E-state index contributed by atoms with van der Waals surface area (Å²) in [5.41, 5.74) is 1.08. The Balaban J connectivity index is 1.82. The smallest absolute Gasteiger partial charge is 0.264 e. The Morgan fingerprint density at radius 1 is 0.851 bits per heavy atom. The van der Waals surface area contributed by atoms with Crippen molar-refractivity contribution in [1.82, 2.24) is 10.2 Å². The molecule has 0 saturated carbocycles. The van der Waals surface area contributed by atoms with Crippen molar-refractivity contribution in [3.05, 3.63) is 120 Å². The average Bonchev–Trinajstić information content (AvgIpc) is 3.09. The average molecular weight is 662 g/mol. The van der Waals surface area contributed by atoms with Gasteiger partial charge in [-0.3, -0.25) is 13.9 Å². The van der Waals surface area contributed by atoms with Crippen molar-refractivity contribution in [3.63, 3.8) is 0 Å². The van der Waals surface area contributed by atoms with Crippen LogP contribution in [-0.4, -0.2) is 58.5 Å². The minimum absolute atomic E-state index is 0.0872. The van der Waals surface area contributed by atoms with E-state index in [0.29, 0.717) is 12.3 Å². The van der Waals surface area contributed by atoms with E-state index >= 15 is 4.39 Å². The minimum atomic E-state index is -4.37. The van der Waals surface area contributed by atoms with E-state index in [0.717, 1.165) is 22.7 Å². The molecule has 0 aromatic heterocycles. The van der Waals surface area contributed by atoms with E-state index in [9.17, 15) is 18.0 Å². The quantitative estimate of drug-likeness (QED) is 0.157. The molecule has 0 aliphatic heterocycles. The molecule has 4 aromatic rings. The topological polar surface area (TPSA) is 105 Å². The fourth-order valence-corrected chi connectivity index (χ4v) is 6.52. The zero-order valence-electron chi connectivity index (χ0n) is 26.8. The van der Waals surface area contributed by atoms with Gasteiger partial charge in [0, 0.05) is 25.1 Å². The van der Waals surface area contributed by atoms with Crippen LogP contribution in [0.5, 0.6) is 11.5 Å². The van der Waals surface area contributed by atoms with Crippen molar-refractivity contribution < 1.29 is 31.9 Å². The summed E-state index contributed by atoms with van der Waals surface area (Å²) in [7, 11) is -1.50. The molecule has 0 aliphatic rings. The van der Waals surface area contributed by atoms with Gasteiger partial charge in [0.15, 0.2) is 0 Å². The molecule has 0 heterocycles. The maximum atomic E-state index is 15.1. The van der Waals surface area contributed by atoms with E-state index in [1.807, 2.05) is 37.3 Å². The van der Waals surface area contributed by atoms with Crippen molar-refractivity contribution in [3.8, 4) is 11.5 Å². The van der Waals surface area contributed by atoms with Crippen molar-refractivity contribution >= 4 is 27.5 Å². The number of halogens is 1. The molecule has 4 rings (SSSR count). The fraction of sp³-hybridized carbons (Fsp3) is 0.278. The molecule has 47 heavy (non-hydrogen) atoms. The van der Waals surface area contributed by atoms with Gasteiger partial charge in [0.1, 0.15) is 29.9 Å². The number of nitrogens with zero attached hydrogens (tertiary/aromatic N) is 2. The molecule has 0 bridgehead atoms. The number of para-hydroxylation sites is 2. The summed E-state index contributed by atoms with van der Waals surface area (Å²) in [6.45, 7) is 1.42. The third kappa shape index (κ3) is 8.88. The van der Waals surface area contributed by atoms with E-state index in [2.05, 4.69) is 5.32 Å². The number of rotatable bonds is 16. The van der Waals surface area contributed by atoms with E-state index in [1.165, 1.54) is 67.7 Å². The lowest BCUT2D eigenvalue weighted by Gasteiger charge is -2.34. The lowest BCUT2D eigenvalue weighted by molar-refractivity contribution is -0.140. The second-order valence-corrected chi connectivity index (χ2v) is 12.7. The number of carbonyl (C=O) groups is 2. The van der Waals surface area contributed by atoms with E-state index in [4.69, 9.17) is 9.47 Å². The van der Waals surface area contributed by atoms with Crippen LogP contribution in [0.2, 0.25) is 0 Å². The summed E-state index contributed by atoms with van der Waals surface area (Å²) in [4.78, 5) is 29.5. The number of anilines is 1. The Hall–Kier alpha value is -4.90. The van der Waals surface area contributed by atoms with E-state index < -0.39 is 40.2 Å². The third-order valence-corrected chi connectivity index (χ3v) is 9.45. The lowest BCUT2D eigenvalue weighted by Crippen LogP contribution is -2.53. The lowest BCUT2D eigenvalue weighted by atomic mass is 10.0. The number of hydrogen-bond donors (Lipinski definition) is 1. The normalized spacial score (nSPS) is 11.7. The SMILES string of the molecule is CCCCNC(=O)C(Cc1ccccc1)N(Cc1ccccc1F)C(=O)CN(c1ccccc1OC)S(=O)(=O)c1ccc(OC)cc1. The van der Waals surface area contributed by atoms with Gasteiger partial charge in [0.25, 0.3) is 10.0 Å². The predicted octanol–water partition coefficient (Wildman–Crippen LogP) is 5.59. The molecule has 1 N–H and O–H groups in total. The number of hydrogen-bond acceptors (Lipinski definition) is 6. The molecule has 4 aromatic carbocycles. The van der Waals surface area contributed by atoms with Crippen LogP contribution in [0.1, 0.15) is 30.9 Å². The van der Waals surface area contributed by atoms with Gasteiger partial charge in [-0.15, -0.1) is 0 Å². The van der Waals surface area contributed by atoms with Gasteiger partial charge in [-0.25, -0.2) is 12.8 Å². The van der Waals surface area contributed by atoms with Crippen LogP contribution in [0.4, 0.5) is 10.1 Å². The Labute approximate surface area is 276 Å². The molecular formula is C36H40FN3O6S. The Bertz CT molecular complexity index is 1740. The van der Waals surface area contributed by atoms with Gasteiger partial charge < -0.3 is 19.7 Å². The van der Waals surface area contributed by atoms with Crippen LogP contribution < -0.4 is 19.1 Å². The third-order valence-electron chi connectivity index (χ3n) is 7.68. The number of sulfonamides is 1.